The molecule has 0 saturated carbocycles. The number of carbonyl (C=O) groups excluding carboxylic acids is 1. The number of nitrogens with two attached hydrogens (primary N) is 1. The molecule has 0 spiro atoms. The van der Waals surface area contributed by atoms with Gasteiger partial charge in [-0.2, -0.15) is 0 Å². The zero-order chi connectivity index (χ0) is 13.5. The van der Waals surface area contributed by atoms with Crippen molar-refractivity contribution in [2.75, 3.05) is 25.6 Å². The lowest BCUT2D eigenvalue weighted by molar-refractivity contribution is 0.0318. The molecule has 0 amide bonds. The number of benzene rings is 1. The monoisotopic (exact) mass is 291 g/mol. The van der Waals surface area contributed by atoms with Gasteiger partial charge in [-0.05, 0) is 18.6 Å². The number of anilines is 1. The van der Waals surface area contributed by atoms with Gasteiger partial charge in [0.2, 0.25) is 0 Å². The lowest BCUT2D eigenvalue weighted by Gasteiger charge is -2.07. The maximum atomic E-state index is 11.7. The summed E-state index contributed by atoms with van der Waals surface area (Å²) in [4.78, 5) is 11.7. The van der Waals surface area contributed by atoms with Gasteiger partial charge in [-0.1, -0.05) is 30.1 Å². The molecule has 0 heterocycles. The van der Waals surface area contributed by atoms with Gasteiger partial charge in [-0.3, -0.25) is 0 Å². The van der Waals surface area contributed by atoms with Crippen LogP contribution in [0.5, 0.6) is 0 Å². The molecule has 0 aliphatic rings. The van der Waals surface area contributed by atoms with Crippen LogP contribution in [-0.2, 0) is 9.47 Å². The van der Waals surface area contributed by atoms with Crippen LogP contribution in [0.3, 0.4) is 0 Å². The topological polar surface area (TPSA) is 61.5 Å². The first-order valence-electron chi connectivity index (χ1n) is 5.55. The predicted octanol–water partition coefficient (Wildman–Crippen LogP) is 3.16. The fourth-order valence-electron chi connectivity index (χ4n) is 1.23. The van der Waals surface area contributed by atoms with Crippen molar-refractivity contribution in [3.63, 3.8) is 0 Å². The van der Waals surface area contributed by atoms with Gasteiger partial charge in [-0.25, -0.2) is 4.79 Å². The summed E-state index contributed by atoms with van der Waals surface area (Å²) in [6, 6.07) is 2.86. The van der Waals surface area contributed by atoms with E-state index in [9.17, 15) is 4.79 Å². The van der Waals surface area contributed by atoms with Crippen LogP contribution < -0.4 is 5.73 Å². The van der Waals surface area contributed by atoms with Crippen molar-refractivity contribution in [3.8, 4) is 0 Å². The van der Waals surface area contributed by atoms with Gasteiger partial charge in [-0.15, -0.1) is 0 Å². The van der Waals surface area contributed by atoms with E-state index in [1.165, 1.54) is 12.1 Å². The summed E-state index contributed by atoms with van der Waals surface area (Å²) in [5.74, 6) is -0.501. The lowest BCUT2D eigenvalue weighted by Crippen LogP contribution is -2.11. The number of nitrogen functional groups attached to an aromatic ring is 1. The molecule has 0 atom stereocenters. The molecule has 1 aromatic carbocycles. The molecule has 0 aliphatic heterocycles. The third kappa shape index (κ3) is 4.37. The Kier molecular flexibility index (Phi) is 6.25. The third-order valence-electron chi connectivity index (χ3n) is 2.12. The van der Waals surface area contributed by atoms with E-state index >= 15 is 0 Å². The lowest BCUT2D eigenvalue weighted by atomic mass is 10.2. The molecule has 0 unspecified atom stereocenters. The van der Waals surface area contributed by atoms with E-state index in [1.807, 2.05) is 6.92 Å². The van der Waals surface area contributed by atoms with Crippen LogP contribution in [0.15, 0.2) is 12.1 Å². The zero-order valence-electron chi connectivity index (χ0n) is 10.0. The van der Waals surface area contributed by atoms with Crippen LogP contribution in [-0.4, -0.2) is 25.8 Å². The fraction of sp³-hybridized carbons (Fsp3) is 0.417. The second-order valence-corrected chi connectivity index (χ2v) is 4.42. The smallest absolute Gasteiger partial charge is 0.338 e. The van der Waals surface area contributed by atoms with Crippen molar-refractivity contribution < 1.29 is 14.3 Å². The molecule has 0 aromatic heterocycles. The molecule has 0 fully saturated rings. The largest absolute Gasteiger partial charge is 0.460 e. The van der Waals surface area contributed by atoms with Crippen LogP contribution in [0.25, 0.3) is 0 Å². The Hall–Kier alpha value is -0.970. The minimum absolute atomic E-state index is 0.193. The highest BCUT2D eigenvalue weighted by atomic mass is 35.5. The number of hydrogen-bond donors (Lipinski definition) is 1. The van der Waals surface area contributed by atoms with Gasteiger partial charge in [0.25, 0.3) is 0 Å². The molecule has 6 heteroatoms. The second kappa shape index (κ2) is 7.46. The van der Waals surface area contributed by atoms with E-state index in [1.54, 1.807) is 0 Å². The van der Waals surface area contributed by atoms with Crippen molar-refractivity contribution in [1.82, 2.24) is 0 Å². The van der Waals surface area contributed by atoms with Gasteiger partial charge in [0, 0.05) is 6.61 Å². The molecule has 0 radical (unpaired) electrons. The van der Waals surface area contributed by atoms with Crippen LogP contribution >= 0.6 is 23.2 Å². The van der Waals surface area contributed by atoms with E-state index in [2.05, 4.69) is 0 Å². The normalized spacial score (nSPS) is 10.4. The number of halogens is 2. The average molecular weight is 292 g/mol. The van der Waals surface area contributed by atoms with E-state index in [0.717, 1.165) is 6.42 Å². The first-order valence-corrected chi connectivity index (χ1v) is 6.31. The maximum absolute atomic E-state index is 11.7. The second-order valence-electron chi connectivity index (χ2n) is 3.60. The Bertz CT molecular complexity index is 401. The highest BCUT2D eigenvalue weighted by Gasteiger charge is 2.12. The maximum Gasteiger partial charge on any atom is 0.338 e. The van der Waals surface area contributed by atoms with Crippen LogP contribution in [0.1, 0.15) is 23.7 Å². The van der Waals surface area contributed by atoms with Crippen LogP contribution in [0.2, 0.25) is 10.0 Å². The number of carbonyl (C=O) groups is 1. The quantitative estimate of drug-likeness (QED) is 0.497. The van der Waals surface area contributed by atoms with Crippen molar-refractivity contribution in [2.24, 2.45) is 0 Å². The summed E-state index contributed by atoms with van der Waals surface area (Å²) in [6.45, 7) is 3.22. The molecule has 4 nitrogen and oxygen atoms in total. The van der Waals surface area contributed by atoms with Crippen molar-refractivity contribution >= 4 is 34.9 Å². The van der Waals surface area contributed by atoms with E-state index in [0.29, 0.717) is 13.2 Å². The van der Waals surface area contributed by atoms with Gasteiger partial charge >= 0.3 is 5.97 Å². The summed E-state index contributed by atoms with van der Waals surface area (Å²) >= 11 is 11.6. The average Bonchev–Trinajstić information content (AvgIpc) is 2.34. The Morgan fingerprint density at radius 1 is 1.22 bits per heavy atom. The molecule has 18 heavy (non-hydrogen) atoms. The molecule has 1 rings (SSSR count). The summed E-state index contributed by atoms with van der Waals surface area (Å²) in [6.07, 6.45) is 0.928. The Balaban J connectivity index is 2.52. The Morgan fingerprint density at radius 3 is 2.39 bits per heavy atom. The standard InChI is InChI=1S/C12H15Cl2NO3/c1-2-3-17-4-5-18-12(16)8-6-9(13)11(15)10(14)7-8/h6-7H,2-5,15H2,1H3. The van der Waals surface area contributed by atoms with E-state index in [4.69, 9.17) is 38.4 Å². The number of ether oxygens (including phenoxy) is 2. The van der Waals surface area contributed by atoms with Gasteiger partial charge in [0.05, 0.1) is 27.9 Å². The molecular formula is C12H15Cl2NO3. The molecular weight excluding hydrogens is 277 g/mol. The van der Waals surface area contributed by atoms with Crippen LogP contribution in [0.4, 0.5) is 5.69 Å². The van der Waals surface area contributed by atoms with Crippen molar-refractivity contribution in [1.29, 1.82) is 0 Å². The first kappa shape index (κ1) is 15.1. The Morgan fingerprint density at radius 2 is 1.83 bits per heavy atom. The van der Waals surface area contributed by atoms with Gasteiger partial charge < -0.3 is 15.2 Å². The highest BCUT2D eigenvalue weighted by molar-refractivity contribution is 6.39. The first-order chi connectivity index (χ1) is 8.56. The van der Waals surface area contributed by atoms with Gasteiger partial charge in [0.15, 0.2) is 0 Å². The summed E-state index contributed by atoms with van der Waals surface area (Å²) in [7, 11) is 0. The van der Waals surface area contributed by atoms with Crippen molar-refractivity contribution in [2.45, 2.75) is 13.3 Å². The fourth-order valence-corrected chi connectivity index (χ4v) is 1.71. The van der Waals surface area contributed by atoms with Gasteiger partial charge in [0.1, 0.15) is 6.61 Å². The number of rotatable bonds is 6. The van der Waals surface area contributed by atoms with Crippen LogP contribution in [0, 0.1) is 0 Å². The molecule has 0 bridgehead atoms. The number of esters is 1. The minimum Gasteiger partial charge on any atom is -0.460 e. The zero-order valence-corrected chi connectivity index (χ0v) is 11.6. The van der Waals surface area contributed by atoms with E-state index < -0.39 is 5.97 Å². The Labute approximate surface area is 116 Å². The molecule has 1 aromatic rings. The molecule has 2 N–H and O–H groups in total. The van der Waals surface area contributed by atoms with E-state index in [-0.39, 0.29) is 27.9 Å². The minimum atomic E-state index is -0.501. The molecule has 0 saturated heterocycles. The SMILES string of the molecule is CCCOCCOC(=O)c1cc(Cl)c(N)c(Cl)c1. The van der Waals surface area contributed by atoms with Crippen molar-refractivity contribution in [3.05, 3.63) is 27.7 Å². The summed E-state index contributed by atoms with van der Waals surface area (Å²) in [5.41, 5.74) is 6.09. The highest BCUT2D eigenvalue weighted by Crippen LogP contribution is 2.29. The summed E-state index contributed by atoms with van der Waals surface area (Å²) in [5, 5.41) is 0.466. The molecule has 100 valence electrons. The third-order valence-corrected chi connectivity index (χ3v) is 2.75. The molecule has 0 aliphatic carbocycles. The number of hydrogen-bond acceptors (Lipinski definition) is 4. The predicted molar refractivity (Wildman–Crippen MR) is 72.3 cm³/mol. The summed E-state index contributed by atoms with van der Waals surface area (Å²) < 4.78 is 10.2.